The number of anilines is 1. The van der Waals surface area contributed by atoms with E-state index >= 15 is 0 Å². The summed E-state index contributed by atoms with van der Waals surface area (Å²) in [6, 6.07) is 6.27. The lowest BCUT2D eigenvalue weighted by Gasteiger charge is -2.25. The summed E-state index contributed by atoms with van der Waals surface area (Å²) in [7, 11) is 0. The van der Waals surface area contributed by atoms with Crippen LogP contribution in [0, 0.1) is 0 Å². The van der Waals surface area contributed by atoms with Crippen LogP contribution in [0.25, 0.3) is 0 Å². The molecule has 2 N–H and O–H groups in total. The molecule has 1 aliphatic carbocycles. The molecule has 0 saturated heterocycles. The van der Waals surface area contributed by atoms with Crippen LogP contribution in [0.1, 0.15) is 51.2 Å². The van der Waals surface area contributed by atoms with Gasteiger partial charge in [-0.1, -0.05) is 19.4 Å². The molecule has 0 amide bonds. The maximum absolute atomic E-state index is 9.95. The highest BCUT2D eigenvalue weighted by Gasteiger charge is 2.29. The third-order valence-electron chi connectivity index (χ3n) is 3.54. The summed E-state index contributed by atoms with van der Waals surface area (Å²) in [6.07, 6.45) is 4.24. The molecule has 1 aliphatic rings. The molecule has 18 heavy (non-hydrogen) atoms. The van der Waals surface area contributed by atoms with Crippen LogP contribution in [0.15, 0.2) is 18.2 Å². The SMILES string of the molecule is CCCCN(c1ccc(C(C)O)c(O)c1)C1CC1. The van der Waals surface area contributed by atoms with Crippen molar-refractivity contribution in [3.05, 3.63) is 23.8 Å². The lowest BCUT2D eigenvalue weighted by Crippen LogP contribution is -2.26. The predicted octanol–water partition coefficient (Wildman–Crippen LogP) is 3.21. The van der Waals surface area contributed by atoms with Crippen molar-refractivity contribution in [2.45, 2.75) is 51.7 Å². The summed E-state index contributed by atoms with van der Waals surface area (Å²) >= 11 is 0. The van der Waals surface area contributed by atoms with Crippen LogP contribution in [0.2, 0.25) is 0 Å². The summed E-state index contributed by atoms with van der Waals surface area (Å²) in [5.74, 6) is 0.199. The molecule has 3 nitrogen and oxygen atoms in total. The second-order valence-electron chi connectivity index (χ2n) is 5.20. The van der Waals surface area contributed by atoms with Crippen molar-refractivity contribution in [2.75, 3.05) is 11.4 Å². The summed E-state index contributed by atoms with van der Waals surface area (Å²) in [4.78, 5) is 2.38. The van der Waals surface area contributed by atoms with Crippen LogP contribution in [0.5, 0.6) is 5.75 Å². The van der Waals surface area contributed by atoms with E-state index in [0.29, 0.717) is 11.6 Å². The Hall–Kier alpha value is -1.22. The molecule has 0 radical (unpaired) electrons. The van der Waals surface area contributed by atoms with Crippen molar-refractivity contribution >= 4 is 5.69 Å². The van der Waals surface area contributed by atoms with E-state index in [0.717, 1.165) is 12.2 Å². The van der Waals surface area contributed by atoms with Crippen LogP contribution in [-0.2, 0) is 0 Å². The summed E-state index contributed by atoms with van der Waals surface area (Å²) in [6.45, 7) is 4.91. The van der Waals surface area contributed by atoms with Gasteiger partial charge in [0.05, 0.1) is 6.10 Å². The van der Waals surface area contributed by atoms with Crippen LogP contribution in [0.3, 0.4) is 0 Å². The summed E-state index contributed by atoms with van der Waals surface area (Å²) < 4.78 is 0. The van der Waals surface area contributed by atoms with Crippen molar-refractivity contribution in [3.8, 4) is 5.75 Å². The molecule has 0 aromatic heterocycles. The van der Waals surface area contributed by atoms with E-state index in [1.807, 2.05) is 12.1 Å². The molecule has 100 valence electrons. The van der Waals surface area contributed by atoms with Crippen molar-refractivity contribution in [1.82, 2.24) is 0 Å². The van der Waals surface area contributed by atoms with E-state index in [1.165, 1.54) is 25.7 Å². The minimum atomic E-state index is -0.621. The van der Waals surface area contributed by atoms with E-state index in [9.17, 15) is 10.2 Å². The number of nitrogens with zero attached hydrogens (tertiary/aromatic N) is 1. The van der Waals surface area contributed by atoms with Gasteiger partial charge in [0.15, 0.2) is 0 Å². The Morgan fingerprint density at radius 1 is 1.39 bits per heavy atom. The first-order chi connectivity index (χ1) is 8.63. The normalized spacial score (nSPS) is 16.6. The third-order valence-corrected chi connectivity index (χ3v) is 3.54. The highest BCUT2D eigenvalue weighted by atomic mass is 16.3. The first-order valence-corrected chi connectivity index (χ1v) is 6.91. The molecule has 0 bridgehead atoms. The minimum Gasteiger partial charge on any atom is -0.507 e. The Bertz CT molecular complexity index is 399. The fraction of sp³-hybridized carbons (Fsp3) is 0.600. The van der Waals surface area contributed by atoms with Crippen LogP contribution < -0.4 is 4.90 Å². The smallest absolute Gasteiger partial charge is 0.123 e. The number of aliphatic hydroxyl groups is 1. The third kappa shape index (κ3) is 2.96. The Kier molecular flexibility index (Phi) is 4.12. The predicted molar refractivity (Wildman–Crippen MR) is 74.0 cm³/mol. The van der Waals surface area contributed by atoms with Gasteiger partial charge < -0.3 is 15.1 Å². The lowest BCUT2D eigenvalue weighted by molar-refractivity contribution is 0.195. The molecule has 1 atom stereocenters. The number of hydrogen-bond acceptors (Lipinski definition) is 3. The molecule has 3 heteroatoms. The van der Waals surface area contributed by atoms with Crippen molar-refractivity contribution in [1.29, 1.82) is 0 Å². The number of rotatable bonds is 6. The average Bonchev–Trinajstić information content (AvgIpc) is 3.13. The molecule has 1 aromatic carbocycles. The quantitative estimate of drug-likeness (QED) is 0.813. The fourth-order valence-corrected chi connectivity index (χ4v) is 2.30. The molecule has 2 rings (SSSR count). The number of aliphatic hydroxyl groups excluding tert-OH is 1. The molecule has 0 spiro atoms. The molecular formula is C15H23NO2. The number of phenolic OH excluding ortho intramolecular Hbond substituents is 1. The first-order valence-electron chi connectivity index (χ1n) is 6.91. The zero-order valence-electron chi connectivity index (χ0n) is 11.3. The monoisotopic (exact) mass is 249 g/mol. The topological polar surface area (TPSA) is 43.7 Å². The Morgan fingerprint density at radius 2 is 2.11 bits per heavy atom. The molecule has 0 heterocycles. The van der Waals surface area contributed by atoms with Gasteiger partial charge in [-0.05, 0) is 32.3 Å². The van der Waals surface area contributed by atoms with Gasteiger partial charge in [-0.2, -0.15) is 0 Å². The van der Waals surface area contributed by atoms with Crippen LogP contribution in [0.4, 0.5) is 5.69 Å². The van der Waals surface area contributed by atoms with Gasteiger partial charge in [0, 0.05) is 29.9 Å². The first kappa shape index (κ1) is 13.2. The van der Waals surface area contributed by atoms with E-state index in [2.05, 4.69) is 11.8 Å². The number of hydrogen-bond donors (Lipinski definition) is 2. The van der Waals surface area contributed by atoms with Crippen LogP contribution >= 0.6 is 0 Å². The largest absolute Gasteiger partial charge is 0.507 e. The number of unbranched alkanes of at least 4 members (excludes halogenated alkanes) is 1. The molecule has 1 fully saturated rings. The maximum Gasteiger partial charge on any atom is 0.123 e. The Morgan fingerprint density at radius 3 is 2.61 bits per heavy atom. The summed E-state index contributed by atoms with van der Waals surface area (Å²) in [5, 5.41) is 19.5. The van der Waals surface area contributed by atoms with Gasteiger partial charge in [0.25, 0.3) is 0 Å². The molecule has 1 aromatic rings. The molecule has 1 saturated carbocycles. The van der Waals surface area contributed by atoms with Crippen molar-refractivity contribution < 1.29 is 10.2 Å². The van der Waals surface area contributed by atoms with Crippen LogP contribution in [-0.4, -0.2) is 22.8 Å². The van der Waals surface area contributed by atoms with Gasteiger partial charge in [-0.25, -0.2) is 0 Å². The van der Waals surface area contributed by atoms with E-state index in [4.69, 9.17) is 0 Å². The Labute approximate surface area is 109 Å². The van der Waals surface area contributed by atoms with E-state index in [1.54, 1.807) is 13.0 Å². The zero-order valence-corrected chi connectivity index (χ0v) is 11.3. The van der Waals surface area contributed by atoms with Gasteiger partial charge >= 0.3 is 0 Å². The van der Waals surface area contributed by atoms with Gasteiger partial charge in [0.1, 0.15) is 5.75 Å². The van der Waals surface area contributed by atoms with Crippen molar-refractivity contribution in [2.24, 2.45) is 0 Å². The molecule has 1 unspecified atom stereocenters. The Balaban J connectivity index is 2.17. The van der Waals surface area contributed by atoms with Gasteiger partial charge in [0.2, 0.25) is 0 Å². The maximum atomic E-state index is 9.95. The highest BCUT2D eigenvalue weighted by Crippen LogP contribution is 2.35. The standard InChI is InChI=1S/C15H23NO2/c1-3-4-9-16(12-5-6-12)13-7-8-14(11(2)17)15(18)10-13/h7-8,10-12,17-18H,3-6,9H2,1-2H3. The number of phenols is 1. The van der Waals surface area contributed by atoms with Gasteiger partial charge in [-0.3, -0.25) is 0 Å². The van der Waals surface area contributed by atoms with E-state index in [-0.39, 0.29) is 5.75 Å². The highest BCUT2D eigenvalue weighted by molar-refractivity contribution is 5.55. The molecule has 0 aliphatic heterocycles. The molecular weight excluding hydrogens is 226 g/mol. The number of benzene rings is 1. The average molecular weight is 249 g/mol. The minimum absolute atomic E-state index is 0.199. The second-order valence-corrected chi connectivity index (χ2v) is 5.20. The lowest BCUT2D eigenvalue weighted by atomic mass is 10.1. The summed E-state index contributed by atoms with van der Waals surface area (Å²) in [5.41, 5.74) is 1.68. The van der Waals surface area contributed by atoms with Gasteiger partial charge in [-0.15, -0.1) is 0 Å². The number of aromatic hydroxyl groups is 1. The second kappa shape index (κ2) is 5.61. The van der Waals surface area contributed by atoms with Crippen molar-refractivity contribution in [3.63, 3.8) is 0 Å². The van der Waals surface area contributed by atoms with E-state index < -0.39 is 6.10 Å². The fourth-order valence-electron chi connectivity index (χ4n) is 2.30. The zero-order chi connectivity index (χ0) is 13.1.